The number of rotatable bonds is 15. The molecule has 4 N–H and O–H groups in total. The molecule has 2 aliphatic heterocycles. The lowest BCUT2D eigenvalue weighted by atomic mass is 9.73. The highest BCUT2D eigenvalue weighted by molar-refractivity contribution is 7.87. The summed E-state index contributed by atoms with van der Waals surface area (Å²) >= 11 is 0. The SMILES string of the molecule is CCC1CC1(NC(=O)C1CC2(CN1C(=O)C(NC(=O)C(NC(=O)C1CCCCN1CC)C1CCCCC1)C(C)(C)C)C(C)(C)C21CCC1)C(=O)NS(=O)(=O)N(CC)CC. The molecule has 14 nitrogen and oxygen atoms in total. The minimum Gasteiger partial charge on any atom is -0.343 e. The first-order chi connectivity index (χ1) is 27.7. The third-order valence-electron chi connectivity index (χ3n) is 16.4. The summed E-state index contributed by atoms with van der Waals surface area (Å²) in [5, 5.41) is 9.37. The summed E-state index contributed by atoms with van der Waals surface area (Å²) in [6.07, 6.45) is 11.8. The maximum atomic E-state index is 15.3. The van der Waals surface area contributed by atoms with Gasteiger partial charge >= 0.3 is 10.2 Å². The van der Waals surface area contributed by atoms with Crippen molar-refractivity contribution in [1.29, 1.82) is 0 Å². The summed E-state index contributed by atoms with van der Waals surface area (Å²) in [5.41, 5.74) is -2.63. The standard InChI is InChI=1S/C44H75N7O7S/c1-10-30-26-44(30,39(56)48-59(57,58)50(12-3)13-4)47-36(53)32-27-43(41(8,9)42(43)23-19-24-42)28-51(32)38(55)34(40(5,6)7)46-37(54)33(29-20-15-14-16-21-29)45-35(52)31-22-17-18-25-49(31)11-2/h29-34H,10-28H2,1-9H3,(H,45,52)(H,46,54)(H,47,53)(H,48,56). The average Bonchev–Trinajstić information content (AvgIpc) is 3.90. The zero-order valence-electron chi connectivity index (χ0n) is 37.5. The number of likely N-dealkylation sites (tertiary alicyclic amines) is 2. The van der Waals surface area contributed by atoms with Gasteiger partial charge in [-0.3, -0.25) is 28.9 Å². The third kappa shape index (κ3) is 7.95. The molecule has 15 heteroatoms. The fourth-order valence-corrected chi connectivity index (χ4v) is 13.6. The molecule has 0 radical (unpaired) electrons. The van der Waals surface area contributed by atoms with Gasteiger partial charge in [-0.1, -0.05) is 101 Å². The first kappa shape index (κ1) is 45.7. The topological polar surface area (TPSA) is 177 Å². The van der Waals surface area contributed by atoms with Crippen molar-refractivity contribution >= 4 is 39.7 Å². The van der Waals surface area contributed by atoms with Gasteiger partial charge < -0.3 is 20.9 Å². The first-order valence-electron chi connectivity index (χ1n) is 23.0. The van der Waals surface area contributed by atoms with Gasteiger partial charge in [0.1, 0.15) is 23.7 Å². The minimum absolute atomic E-state index is 0.00563. The van der Waals surface area contributed by atoms with Crippen LogP contribution in [0.1, 0.15) is 152 Å². The van der Waals surface area contributed by atoms with Gasteiger partial charge in [-0.2, -0.15) is 12.7 Å². The van der Waals surface area contributed by atoms with E-state index in [0.717, 1.165) is 83.7 Å². The number of fused-ring (bicyclic) bond motifs is 1. The monoisotopic (exact) mass is 846 g/mol. The molecule has 0 aromatic heterocycles. The Morgan fingerprint density at radius 1 is 0.797 bits per heavy atom. The van der Waals surface area contributed by atoms with Crippen LogP contribution in [-0.4, -0.2) is 114 Å². The Balaban J connectivity index is 1.28. The largest absolute Gasteiger partial charge is 0.343 e. The Morgan fingerprint density at radius 2 is 1.44 bits per heavy atom. The Hall–Kier alpha value is -2.78. The molecule has 6 aliphatic rings. The molecule has 0 bridgehead atoms. The predicted octanol–water partition coefficient (Wildman–Crippen LogP) is 4.24. The van der Waals surface area contributed by atoms with E-state index in [-0.39, 0.29) is 64.9 Å². The molecule has 0 aromatic rings. The Kier molecular flexibility index (Phi) is 13.0. The van der Waals surface area contributed by atoms with Crippen LogP contribution in [0.4, 0.5) is 0 Å². The van der Waals surface area contributed by atoms with E-state index in [9.17, 15) is 27.6 Å². The summed E-state index contributed by atoms with van der Waals surface area (Å²) < 4.78 is 29.8. The lowest BCUT2D eigenvalue weighted by molar-refractivity contribution is -0.145. The van der Waals surface area contributed by atoms with Gasteiger partial charge in [0.25, 0.3) is 5.91 Å². The van der Waals surface area contributed by atoms with Crippen molar-refractivity contribution in [2.45, 2.75) is 182 Å². The van der Waals surface area contributed by atoms with Crippen molar-refractivity contribution < 1.29 is 32.4 Å². The molecule has 59 heavy (non-hydrogen) atoms. The van der Waals surface area contributed by atoms with E-state index >= 15 is 4.79 Å². The second-order valence-corrected chi connectivity index (χ2v) is 22.1. The summed E-state index contributed by atoms with van der Waals surface area (Å²) in [5.74, 6) is -2.42. The predicted molar refractivity (Wildman–Crippen MR) is 227 cm³/mol. The van der Waals surface area contributed by atoms with Crippen LogP contribution in [-0.2, 0) is 34.2 Å². The molecule has 0 aromatic carbocycles. The molecule has 2 spiro atoms. The zero-order valence-corrected chi connectivity index (χ0v) is 38.3. The van der Waals surface area contributed by atoms with E-state index < -0.39 is 51.1 Å². The highest BCUT2D eigenvalue weighted by atomic mass is 32.2. The Bertz CT molecular complexity index is 1730. The van der Waals surface area contributed by atoms with Gasteiger partial charge in [0.05, 0.1) is 6.04 Å². The number of nitrogens with zero attached hydrogens (tertiary/aromatic N) is 3. The fraction of sp³-hybridized carbons (Fsp3) is 0.886. The van der Waals surface area contributed by atoms with Crippen molar-refractivity contribution in [3.8, 4) is 0 Å². The molecule has 4 aliphatic carbocycles. The lowest BCUT2D eigenvalue weighted by Gasteiger charge is -2.39. The number of nitrogens with one attached hydrogen (secondary N) is 4. The molecule has 2 saturated heterocycles. The number of likely N-dealkylation sites (N-methyl/N-ethyl adjacent to an activating group) is 1. The van der Waals surface area contributed by atoms with Gasteiger partial charge in [0.2, 0.25) is 23.6 Å². The van der Waals surface area contributed by atoms with Crippen molar-refractivity contribution in [2.75, 3.05) is 32.7 Å². The van der Waals surface area contributed by atoms with Gasteiger partial charge in [0, 0.05) is 25.0 Å². The highest BCUT2D eigenvalue weighted by Gasteiger charge is 2.85. The molecule has 2 heterocycles. The van der Waals surface area contributed by atoms with Crippen molar-refractivity contribution in [3.63, 3.8) is 0 Å². The Labute approximate surface area is 354 Å². The number of piperidine rings is 1. The molecule has 6 fully saturated rings. The first-order valence-corrected chi connectivity index (χ1v) is 24.4. The molecule has 5 amide bonds. The van der Waals surface area contributed by atoms with Crippen LogP contribution in [0.25, 0.3) is 0 Å². The average molecular weight is 846 g/mol. The van der Waals surface area contributed by atoms with Crippen LogP contribution in [0.5, 0.6) is 0 Å². The van der Waals surface area contributed by atoms with Crippen molar-refractivity contribution in [2.24, 2.45) is 33.5 Å². The van der Waals surface area contributed by atoms with Crippen LogP contribution in [0.15, 0.2) is 0 Å². The van der Waals surface area contributed by atoms with Crippen LogP contribution < -0.4 is 20.7 Å². The van der Waals surface area contributed by atoms with E-state index in [1.54, 1.807) is 18.7 Å². The van der Waals surface area contributed by atoms with E-state index in [1.807, 2.05) is 27.7 Å². The molecule has 7 atom stereocenters. The van der Waals surface area contributed by atoms with E-state index in [0.29, 0.717) is 25.8 Å². The van der Waals surface area contributed by atoms with Crippen LogP contribution in [0.3, 0.4) is 0 Å². The quantitative estimate of drug-likeness (QED) is 0.189. The van der Waals surface area contributed by atoms with Gasteiger partial charge in [-0.05, 0) is 92.5 Å². The number of carbonyl (C=O) groups is 5. The molecule has 6 rings (SSSR count). The van der Waals surface area contributed by atoms with Gasteiger partial charge in [-0.15, -0.1) is 0 Å². The molecular formula is C44H75N7O7S. The van der Waals surface area contributed by atoms with Gasteiger partial charge in [-0.25, -0.2) is 4.72 Å². The van der Waals surface area contributed by atoms with E-state index in [4.69, 9.17) is 0 Å². The van der Waals surface area contributed by atoms with E-state index in [1.165, 1.54) is 4.31 Å². The van der Waals surface area contributed by atoms with Gasteiger partial charge in [0.15, 0.2) is 0 Å². The summed E-state index contributed by atoms with van der Waals surface area (Å²) in [6.45, 7) is 19.9. The van der Waals surface area contributed by atoms with Crippen molar-refractivity contribution in [3.05, 3.63) is 0 Å². The molecule has 7 unspecified atom stereocenters. The van der Waals surface area contributed by atoms with Crippen LogP contribution >= 0.6 is 0 Å². The van der Waals surface area contributed by atoms with Crippen LogP contribution in [0, 0.1) is 33.5 Å². The third-order valence-corrected chi connectivity index (χ3v) is 18.1. The lowest BCUT2D eigenvalue weighted by Crippen LogP contribution is -2.63. The second-order valence-electron chi connectivity index (χ2n) is 20.5. The normalized spacial score (nSPS) is 31.3. The van der Waals surface area contributed by atoms with Crippen LogP contribution in [0.2, 0.25) is 0 Å². The number of hydrogen-bond acceptors (Lipinski definition) is 8. The maximum absolute atomic E-state index is 15.3. The smallest absolute Gasteiger partial charge is 0.303 e. The molecule has 334 valence electrons. The number of amides is 5. The fourth-order valence-electron chi connectivity index (χ4n) is 12.3. The number of hydrogen-bond donors (Lipinski definition) is 4. The Morgan fingerprint density at radius 3 is 1.97 bits per heavy atom. The molecular weight excluding hydrogens is 771 g/mol. The summed E-state index contributed by atoms with van der Waals surface area (Å²) in [6, 6.07) is -3.02. The minimum atomic E-state index is -4.13. The molecule has 4 saturated carbocycles. The second kappa shape index (κ2) is 16.8. The summed E-state index contributed by atoms with van der Waals surface area (Å²) in [4.78, 5) is 76.4. The van der Waals surface area contributed by atoms with E-state index in [2.05, 4.69) is 46.3 Å². The highest BCUT2D eigenvalue weighted by Crippen LogP contribution is 2.88. The van der Waals surface area contributed by atoms with Crippen molar-refractivity contribution in [1.82, 2.24) is 34.8 Å². The zero-order chi connectivity index (χ0) is 43.3. The summed E-state index contributed by atoms with van der Waals surface area (Å²) in [7, 11) is -4.13. The maximum Gasteiger partial charge on any atom is 0.303 e. The number of carbonyl (C=O) groups excluding carboxylic acids is 5.